The minimum Gasteiger partial charge on any atom is -0.384 e. The Bertz CT molecular complexity index is 1460. The van der Waals surface area contributed by atoms with Crippen molar-refractivity contribution in [2.24, 2.45) is 5.92 Å². The molecule has 0 fully saturated rings. The molecule has 36 heavy (non-hydrogen) atoms. The van der Waals surface area contributed by atoms with Crippen molar-refractivity contribution in [2.75, 3.05) is 29.2 Å². The molecule has 0 bridgehead atoms. The van der Waals surface area contributed by atoms with Crippen molar-refractivity contribution in [3.63, 3.8) is 0 Å². The standard InChI is InChI=1S/C22H28N10O2S2/c1-13(2)10-31(22-26-17(12-35-22)21-27-19(23)8-20(24)28-21)18-7-16(6-5-14(18)3)32-11-15(29-30-32)9-25-36(4,33)34/h5-8,11-13,25H,9-10H2,1-4H3,(H4,23,24,27,28). The highest BCUT2D eigenvalue weighted by atomic mass is 32.2. The Morgan fingerprint density at radius 3 is 2.53 bits per heavy atom. The average molecular weight is 529 g/mol. The van der Waals surface area contributed by atoms with Crippen LogP contribution in [0.2, 0.25) is 0 Å². The summed E-state index contributed by atoms with van der Waals surface area (Å²) < 4.78 is 26.8. The summed E-state index contributed by atoms with van der Waals surface area (Å²) in [5.41, 5.74) is 15.6. The first kappa shape index (κ1) is 25.5. The van der Waals surface area contributed by atoms with Crippen LogP contribution in [0.5, 0.6) is 0 Å². The molecule has 0 aliphatic rings. The Labute approximate surface area is 213 Å². The van der Waals surface area contributed by atoms with E-state index in [4.69, 9.17) is 16.5 Å². The Balaban J connectivity index is 1.68. The van der Waals surface area contributed by atoms with Gasteiger partial charge >= 0.3 is 0 Å². The van der Waals surface area contributed by atoms with Crippen LogP contribution in [0, 0.1) is 12.8 Å². The van der Waals surface area contributed by atoms with Gasteiger partial charge in [0.15, 0.2) is 11.0 Å². The van der Waals surface area contributed by atoms with E-state index >= 15 is 0 Å². The molecule has 0 atom stereocenters. The van der Waals surface area contributed by atoms with E-state index in [-0.39, 0.29) is 18.2 Å². The predicted molar refractivity (Wildman–Crippen MR) is 142 cm³/mol. The van der Waals surface area contributed by atoms with Gasteiger partial charge in [0, 0.05) is 23.7 Å². The SMILES string of the molecule is Cc1ccc(-n2cc(CNS(C)(=O)=O)nn2)cc1N(CC(C)C)c1nc(-c2nc(N)cc(N)n2)cs1. The fraction of sp³-hybridized carbons (Fsp3) is 0.318. The van der Waals surface area contributed by atoms with Crippen LogP contribution in [0.4, 0.5) is 22.5 Å². The molecular weight excluding hydrogens is 500 g/mol. The minimum absolute atomic E-state index is 0.0650. The number of hydrogen-bond donors (Lipinski definition) is 3. The Kier molecular flexibility index (Phi) is 7.19. The Morgan fingerprint density at radius 1 is 1.14 bits per heavy atom. The molecule has 3 heterocycles. The van der Waals surface area contributed by atoms with E-state index in [9.17, 15) is 8.42 Å². The number of nitrogens with two attached hydrogens (primary N) is 2. The molecule has 190 valence electrons. The number of aromatic nitrogens is 6. The monoisotopic (exact) mass is 528 g/mol. The number of benzene rings is 1. The first-order valence-corrected chi connectivity index (χ1v) is 13.9. The first-order valence-electron chi connectivity index (χ1n) is 11.1. The molecule has 0 saturated heterocycles. The second-order valence-corrected chi connectivity index (χ2v) is 11.4. The number of aryl methyl sites for hydroxylation is 1. The molecule has 0 amide bonds. The van der Waals surface area contributed by atoms with Crippen molar-refractivity contribution in [3.8, 4) is 17.2 Å². The van der Waals surface area contributed by atoms with Gasteiger partial charge in [-0.3, -0.25) is 0 Å². The third-order valence-electron chi connectivity index (χ3n) is 5.07. The van der Waals surface area contributed by atoms with Gasteiger partial charge in [-0.2, -0.15) is 0 Å². The number of anilines is 4. The van der Waals surface area contributed by atoms with Crippen LogP contribution in [0.1, 0.15) is 25.1 Å². The molecule has 4 aromatic rings. The second-order valence-electron chi connectivity index (χ2n) is 8.78. The van der Waals surface area contributed by atoms with Crippen molar-refractivity contribution >= 4 is 43.8 Å². The molecule has 0 aliphatic carbocycles. The first-order chi connectivity index (χ1) is 17.0. The molecule has 3 aromatic heterocycles. The molecule has 14 heteroatoms. The summed E-state index contributed by atoms with van der Waals surface area (Å²) in [6, 6.07) is 7.45. The highest BCUT2D eigenvalue weighted by Gasteiger charge is 2.20. The number of hydrogen-bond acceptors (Lipinski definition) is 11. The van der Waals surface area contributed by atoms with Gasteiger partial charge in [0.05, 0.1) is 30.4 Å². The molecule has 0 unspecified atom stereocenters. The largest absolute Gasteiger partial charge is 0.384 e. The molecular formula is C22H28N10O2S2. The van der Waals surface area contributed by atoms with E-state index in [1.165, 1.54) is 17.4 Å². The molecule has 0 saturated carbocycles. The number of sulfonamides is 1. The molecule has 5 N–H and O–H groups in total. The van der Waals surface area contributed by atoms with Crippen molar-refractivity contribution in [1.29, 1.82) is 0 Å². The normalized spacial score (nSPS) is 11.8. The average Bonchev–Trinajstić information content (AvgIpc) is 3.46. The van der Waals surface area contributed by atoms with Gasteiger partial charge in [-0.1, -0.05) is 25.1 Å². The van der Waals surface area contributed by atoms with E-state index in [1.54, 1.807) is 10.9 Å². The van der Waals surface area contributed by atoms with Gasteiger partial charge in [-0.05, 0) is 30.5 Å². The third-order valence-corrected chi connectivity index (χ3v) is 6.60. The van der Waals surface area contributed by atoms with Crippen molar-refractivity contribution in [1.82, 2.24) is 34.7 Å². The maximum atomic E-state index is 11.4. The van der Waals surface area contributed by atoms with Gasteiger partial charge in [0.1, 0.15) is 17.3 Å². The van der Waals surface area contributed by atoms with E-state index in [0.717, 1.165) is 34.9 Å². The highest BCUT2D eigenvalue weighted by molar-refractivity contribution is 7.88. The fourth-order valence-electron chi connectivity index (χ4n) is 3.48. The fourth-order valence-corrected chi connectivity index (χ4v) is 4.71. The molecule has 0 radical (unpaired) electrons. The van der Waals surface area contributed by atoms with Gasteiger partial charge in [-0.25, -0.2) is 32.8 Å². The highest BCUT2D eigenvalue weighted by Crippen LogP contribution is 2.35. The number of nitrogens with one attached hydrogen (secondary N) is 1. The summed E-state index contributed by atoms with van der Waals surface area (Å²) in [6.45, 7) is 7.10. The third kappa shape index (κ3) is 6.13. The van der Waals surface area contributed by atoms with E-state index in [2.05, 4.69) is 43.7 Å². The molecule has 0 aliphatic heterocycles. The zero-order chi connectivity index (χ0) is 26.0. The van der Waals surface area contributed by atoms with Crippen LogP contribution in [-0.4, -0.2) is 51.2 Å². The predicted octanol–water partition coefficient (Wildman–Crippen LogP) is 2.50. The quantitative estimate of drug-likeness (QED) is 0.293. The van der Waals surface area contributed by atoms with Crippen molar-refractivity contribution < 1.29 is 8.42 Å². The van der Waals surface area contributed by atoms with Crippen LogP contribution in [0.3, 0.4) is 0 Å². The van der Waals surface area contributed by atoms with E-state index in [1.807, 2.05) is 30.5 Å². The number of rotatable bonds is 9. The number of nitrogen functional groups attached to an aromatic ring is 2. The summed E-state index contributed by atoms with van der Waals surface area (Å²) in [5.74, 6) is 1.30. The van der Waals surface area contributed by atoms with Gasteiger partial charge < -0.3 is 16.4 Å². The lowest BCUT2D eigenvalue weighted by Crippen LogP contribution is -2.23. The van der Waals surface area contributed by atoms with Gasteiger partial charge in [0.2, 0.25) is 10.0 Å². The molecule has 0 spiro atoms. The second kappa shape index (κ2) is 10.2. The van der Waals surface area contributed by atoms with Crippen LogP contribution < -0.4 is 21.1 Å². The topological polar surface area (TPSA) is 171 Å². The van der Waals surface area contributed by atoms with Crippen LogP contribution in [0.25, 0.3) is 17.2 Å². The number of thiazole rings is 1. The summed E-state index contributed by atoms with van der Waals surface area (Å²) in [5, 5.41) is 10.9. The van der Waals surface area contributed by atoms with Crippen LogP contribution in [-0.2, 0) is 16.6 Å². The van der Waals surface area contributed by atoms with Crippen molar-refractivity contribution in [2.45, 2.75) is 27.3 Å². The molecule has 4 rings (SSSR count). The summed E-state index contributed by atoms with van der Waals surface area (Å²) in [7, 11) is -3.33. The minimum atomic E-state index is -3.33. The molecule has 12 nitrogen and oxygen atoms in total. The Morgan fingerprint density at radius 2 is 1.86 bits per heavy atom. The van der Waals surface area contributed by atoms with Gasteiger partial charge in [-0.15, -0.1) is 16.4 Å². The lowest BCUT2D eigenvalue weighted by atomic mass is 10.1. The van der Waals surface area contributed by atoms with Gasteiger partial charge in [0.25, 0.3) is 0 Å². The van der Waals surface area contributed by atoms with Crippen LogP contribution in [0.15, 0.2) is 35.8 Å². The molecule has 1 aromatic carbocycles. The van der Waals surface area contributed by atoms with Crippen molar-refractivity contribution in [3.05, 3.63) is 47.1 Å². The maximum Gasteiger partial charge on any atom is 0.209 e. The van der Waals surface area contributed by atoms with E-state index < -0.39 is 10.0 Å². The number of nitrogens with zero attached hydrogens (tertiary/aromatic N) is 7. The zero-order valence-corrected chi connectivity index (χ0v) is 22.0. The summed E-state index contributed by atoms with van der Waals surface area (Å²) in [6.07, 6.45) is 2.80. The lowest BCUT2D eigenvalue weighted by Gasteiger charge is -2.26. The summed E-state index contributed by atoms with van der Waals surface area (Å²) >= 11 is 1.48. The van der Waals surface area contributed by atoms with E-state index in [0.29, 0.717) is 23.1 Å². The smallest absolute Gasteiger partial charge is 0.209 e. The maximum absolute atomic E-state index is 11.4. The van der Waals surface area contributed by atoms with Crippen LogP contribution >= 0.6 is 11.3 Å². The zero-order valence-electron chi connectivity index (χ0n) is 20.4. The lowest BCUT2D eigenvalue weighted by molar-refractivity contribution is 0.586. The summed E-state index contributed by atoms with van der Waals surface area (Å²) in [4.78, 5) is 15.5. The Hall–Kier alpha value is -3.62.